The number of carbonyl (C=O) groups excluding carboxylic acids is 1. The first-order valence-electron chi connectivity index (χ1n) is 4.82. The number of rotatable bonds is 6. The Balaban J connectivity index is 4.29. The van der Waals surface area contributed by atoms with Crippen molar-refractivity contribution in [3.63, 3.8) is 0 Å². The molecule has 16 heavy (non-hydrogen) atoms. The predicted molar refractivity (Wildman–Crippen MR) is 59.7 cm³/mol. The fourth-order valence-corrected chi connectivity index (χ4v) is 0.943. The Bertz CT molecular complexity index is 320. The number of ether oxygens (including phenoxy) is 1. The molecule has 3 N–H and O–H groups in total. The third kappa shape index (κ3) is 4.75. The summed E-state index contributed by atoms with van der Waals surface area (Å²) in [5.74, 6) is -1.75. The van der Waals surface area contributed by atoms with E-state index < -0.39 is 18.0 Å². The molecule has 0 spiro atoms. The second-order valence-corrected chi connectivity index (χ2v) is 3.68. The lowest BCUT2D eigenvalue weighted by Crippen LogP contribution is -2.34. The molecule has 0 rings (SSSR count). The number of aliphatic carboxylic acids is 1. The summed E-state index contributed by atoms with van der Waals surface area (Å²) in [6.45, 7) is 10.2. The highest BCUT2D eigenvalue weighted by Gasteiger charge is 2.19. The molecule has 0 fully saturated rings. The minimum absolute atomic E-state index is 0.0245. The first-order valence-corrected chi connectivity index (χ1v) is 4.82. The molecule has 0 aliphatic heterocycles. The average Bonchev–Trinajstić information content (AvgIpc) is 2.14. The van der Waals surface area contributed by atoms with E-state index in [-0.39, 0.29) is 23.7 Å². The molecule has 90 valence electrons. The largest absolute Gasteiger partial charge is 0.478 e. The zero-order valence-electron chi connectivity index (χ0n) is 9.53. The van der Waals surface area contributed by atoms with E-state index in [1.54, 1.807) is 13.8 Å². The van der Waals surface area contributed by atoms with Crippen LogP contribution in [-0.2, 0) is 14.3 Å². The third-order valence-corrected chi connectivity index (χ3v) is 1.81. The van der Waals surface area contributed by atoms with E-state index in [9.17, 15) is 9.59 Å². The highest BCUT2D eigenvalue weighted by Crippen LogP contribution is 2.12. The Morgan fingerprint density at radius 3 is 2.25 bits per heavy atom. The Kier molecular flexibility index (Phi) is 5.46. The van der Waals surface area contributed by atoms with Crippen molar-refractivity contribution in [2.24, 2.45) is 5.73 Å². The lowest BCUT2D eigenvalue weighted by atomic mass is 10.0. The van der Waals surface area contributed by atoms with Gasteiger partial charge in [0.1, 0.15) is 6.04 Å². The van der Waals surface area contributed by atoms with Crippen molar-refractivity contribution in [2.45, 2.75) is 32.4 Å². The monoisotopic (exact) mass is 227 g/mol. The molecule has 5 nitrogen and oxygen atoms in total. The van der Waals surface area contributed by atoms with Gasteiger partial charge in [-0.25, -0.2) is 4.79 Å². The van der Waals surface area contributed by atoms with Gasteiger partial charge in [0.2, 0.25) is 0 Å². The first-order chi connectivity index (χ1) is 7.25. The molecule has 0 aromatic heterocycles. The van der Waals surface area contributed by atoms with Crippen molar-refractivity contribution in [3.8, 4) is 0 Å². The van der Waals surface area contributed by atoms with Crippen LogP contribution in [0.1, 0.15) is 20.3 Å². The molecule has 0 radical (unpaired) electrons. The summed E-state index contributed by atoms with van der Waals surface area (Å²) in [6.07, 6.45) is -0.231. The van der Waals surface area contributed by atoms with Crippen LogP contribution in [-0.4, -0.2) is 29.2 Å². The molecule has 0 heterocycles. The zero-order valence-corrected chi connectivity index (χ0v) is 9.53. The summed E-state index contributed by atoms with van der Waals surface area (Å²) in [5, 5.41) is 8.63. The summed E-state index contributed by atoms with van der Waals surface area (Å²) in [6, 6.07) is -0.911. The van der Waals surface area contributed by atoms with Gasteiger partial charge in [0.15, 0.2) is 0 Å². The fraction of sp³-hybridized carbons (Fsp3) is 0.455. The lowest BCUT2D eigenvalue weighted by molar-refractivity contribution is -0.149. The predicted octanol–water partition coefficient (Wildman–Crippen LogP) is 0.852. The van der Waals surface area contributed by atoms with E-state index in [4.69, 9.17) is 15.6 Å². The van der Waals surface area contributed by atoms with Gasteiger partial charge in [-0.3, -0.25) is 4.79 Å². The van der Waals surface area contributed by atoms with Crippen LogP contribution in [0.4, 0.5) is 0 Å². The summed E-state index contributed by atoms with van der Waals surface area (Å²) >= 11 is 0. The number of carboxylic acids is 1. The fourth-order valence-electron chi connectivity index (χ4n) is 0.943. The van der Waals surface area contributed by atoms with Gasteiger partial charge in [0.05, 0.1) is 11.7 Å². The van der Waals surface area contributed by atoms with Gasteiger partial charge in [-0.2, -0.15) is 0 Å². The summed E-state index contributed by atoms with van der Waals surface area (Å²) in [4.78, 5) is 21.9. The summed E-state index contributed by atoms with van der Waals surface area (Å²) < 4.78 is 4.87. The maximum Gasteiger partial charge on any atom is 0.335 e. The van der Waals surface area contributed by atoms with Gasteiger partial charge in [0, 0.05) is 0 Å². The number of carbonyl (C=O) groups is 2. The van der Waals surface area contributed by atoms with Crippen LogP contribution in [0.15, 0.2) is 24.3 Å². The van der Waals surface area contributed by atoms with E-state index in [1.807, 2.05) is 0 Å². The maximum absolute atomic E-state index is 11.3. The number of carboxylic acid groups (broad SMARTS) is 1. The van der Waals surface area contributed by atoms with Crippen molar-refractivity contribution in [3.05, 3.63) is 24.3 Å². The van der Waals surface area contributed by atoms with E-state index in [1.165, 1.54) is 0 Å². The molecule has 0 saturated carbocycles. The topological polar surface area (TPSA) is 89.6 Å². The van der Waals surface area contributed by atoms with Crippen molar-refractivity contribution < 1.29 is 19.4 Å². The van der Waals surface area contributed by atoms with Crippen molar-refractivity contribution in [1.82, 2.24) is 0 Å². The Morgan fingerprint density at radius 2 is 1.88 bits per heavy atom. The Morgan fingerprint density at radius 1 is 1.38 bits per heavy atom. The Labute approximate surface area is 94.6 Å². The molecule has 0 unspecified atom stereocenters. The Hall–Kier alpha value is -1.62. The molecule has 1 atom stereocenters. The number of hydrogen-bond acceptors (Lipinski definition) is 4. The van der Waals surface area contributed by atoms with E-state index in [2.05, 4.69) is 13.2 Å². The molecule has 5 heteroatoms. The van der Waals surface area contributed by atoms with Crippen LogP contribution in [0.3, 0.4) is 0 Å². The maximum atomic E-state index is 11.3. The van der Waals surface area contributed by atoms with E-state index in [0.717, 1.165) is 0 Å². The molecule has 0 bridgehead atoms. The minimum Gasteiger partial charge on any atom is -0.478 e. The molecule has 0 aliphatic carbocycles. The van der Waals surface area contributed by atoms with Gasteiger partial charge in [0.25, 0.3) is 0 Å². The minimum atomic E-state index is -1.17. The third-order valence-electron chi connectivity index (χ3n) is 1.81. The summed E-state index contributed by atoms with van der Waals surface area (Å²) in [5.41, 5.74) is 5.61. The van der Waals surface area contributed by atoms with Crippen LogP contribution >= 0.6 is 0 Å². The highest BCUT2D eigenvalue weighted by atomic mass is 16.5. The molecule has 0 aromatic carbocycles. The van der Waals surface area contributed by atoms with Crippen LogP contribution in [0.25, 0.3) is 0 Å². The SMILES string of the molecule is C=C(C[C@H](N)C(=O)OC(C)C)C(=C)C(=O)O. The molecule has 0 aliphatic rings. The van der Waals surface area contributed by atoms with Gasteiger partial charge >= 0.3 is 11.9 Å². The van der Waals surface area contributed by atoms with Gasteiger partial charge < -0.3 is 15.6 Å². The summed E-state index contributed by atoms with van der Waals surface area (Å²) in [7, 11) is 0. The second kappa shape index (κ2) is 6.07. The standard InChI is InChI=1S/C11H17NO4/c1-6(2)16-11(15)9(12)5-7(3)8(4)10(13)14/h6,9H,3-5,12H2,1-2H3,(H,13,14)/t9-/m0/s1. The lowest BCUT2D eigenvalue weighted by Gasteiger charge is -2.14. The molecular formula is C11H17NO4. The first kappa shape index (κ1) is 14.4. The van der Waals surface area contributed by atoms with Gasteiger partial charge in [-0.15, -0.1) is 0 Å². The van der Waals surface area contributed by atoms with Crippen LogP contribution < -0.4 is 5.73 Å². The smallest absolute Gasteiger partial charge is 0.335 e. The normalized spacial score (nSPS) is 12.0. The van der Waals surface area contributed by atoms with Gasteiger partial charge in [-0.05, 0) is 25.8 Å². The van der Waals surface area contributed by atoms with Crippen LogP contribution in [0.5, 0.6) is 0 Å². The number of hydrogen-bond donors (Lipinski definition) is 2. The molecular weight excluding hydrogens is 210 g/mol. The van der Waals surface area contributed by atoms with E-state index >= 15 is 0 Å². The molecule has 0 saturated heterocycles. The van der Waals surface area contributed by atoms with Crippen molar-refractivity contribution in [1.29, 1.82) is 0 Å². The van der Waals surface area contributed by atoms with Crippen molar-refractivity contribution in [2.75, 3.05) is 0 Å². The van der Waals surface area contributed by atoms with Crippen LogP contribution in [0.2, 0.25) is 0 Å². The molecule has 0 amide bonds. The zero-order chi connectivity index (χ0) is 12.9. The highest BCUT2D eigenvalue weighted by molar-refractivity contribution is 5.91. The van der Waals surface area contributed by atoms with E-state index in [0.29, 0.717) is 0 Å². The average molecular weight is 227 g/mol. The van der Waals surface area contributed by atoms with Crippen molar-refractivity contribution >= 4 is 11.9 Å². The molecule has 0 aromatic rings. The quantitative estimate of drug-likeness (QED) is 0.399. The van der Waals surface area contributed by atoms with Gasteiger partial charge in [-0.1, -0.05) is 13.2 Å². The number of nitrogens with two attached hydrogens (primary N) is 1. The number of esters is 1. The second-order valence-electron chi connectivity index (χ2n) is 3.68. The van der Waals surface area contributed by atoms with Crippen LogP contribution in [0, 0.1) is 0 Å².